The molecule has 0 spiro atoms. The Balaban J connectivity index is 1.50. The van der Waals surface area contributed by atoms with Crippen molar-refractivity contribution in [1.29, 1.82) is 0 Å². The Morgan fingerprint density at radius 1 is 1.00 bits per heavy atom. The number of hydrogen-bond donors (Lipinski definition) is 2. The minimum Gasteiger partial charge on any atom is -0.495 e. The number of likely N-dealkylation sites (tertiary alicyclic amines) is 1. The van der Waals surface area contributed by atoms with Gasteiger partial charge in [-0.1, -0.05) is 26.0 Å². The highest BCUT2D eigenvalue weighted by Gasteiger charge is 2.21. The number of methoxy groups -OCH3 is 1. The molecular formula is C24H31N3O3. The Morgan fingerprint density at radius 3 is 2.33 bits per heavy atom. The number of carbonyl (C=O) groups excluding carboxylic acids is 2. The van der Waals surface area contributed by atoms with Gasteiger partial charge in [0.25, 0.3) is 5.91 Å². The molecule has 0 aliphatic carbocycles. The fourth-order valence-corrected chi connectivity index (χ4v) is 4.11. The largest absolute Gasteiger partial charge is 0.495 e. The quantitative estimate of drug-likeness (QED) is 0.717. The molecule has 1 fully saturated rings. The van der Waals surface area contributed by atoms with E-state index in [0.717, 1.165) is 19.6 Å². The molecule has 30 heavy (non-hydrogen) atoms. The van der Waals surface area contributed by atoms with Crippen molar-refractivity contribution in [1.82, 2.24) is 4.90 Å². The maximum atomic E-state index is 12.5. The summed E-state index contributed by atoms with van der Waals surface area (Å²) in [5.41, 5.74) is 1.81. The number of ether oxygens (including phenoxy) is 1. The molecule has 3 rings (SSSR count). The number of hydrogen-bond acceptors (Lipinski definition) is 4. The van der Waals surface area contributed by atoms with Crippen LogP contribution in [0.2, 0.25) is 0 Å². The Bertz CT molecular complexity index is 856. The van der Waals surface area contributed by atoms with Gasteiger partial charge in [-0.2, -0.15) is 0 Å². The molecule has 0 bridgehead atoms. The fourth-order valence-electron chi connectivity index (χ4n) is 4.11. The van der Waals surface area contributed by atoms with Crippen molar-refractivity contribution in [3.63, 3.8) is 0 Å². The minimum atomic E-state index is -0.231. The zero-order chi connectivity index (χ0) is 21.5. The number of amides is 2. The predicted octanol–water partition coefficient (Wildman–Crippen LogP) is 4.25. The van der Waals surface area contributed by atoms with E-state index >= 15 is 0 Å². The van der Waals surface area contributed by atoms with Gasteiger partial charge in [0.2, 0.25) is 5.91 Å². The SMILES string of the molecule is COc1ccccc1NC(=O)c1ccc(NC(=O)CCN2C[C@H](C)C[C@H](C)C2)cc1. The predicted molar refractivity (Wildman–Crippen MR) is 120 cm³/mol. The molecule has 160 valence electrons. The van der Waals surface area contributed by atoms with Gasteiger partial charge in [0, 0.05) is 37.3 Å². The zero-order valence-corrected chi connectivity index (χ0v) is 18.0. The summed E-state index contributed by atoms with van der Waals surface area (Å²) in [4.78, 5) is 27.2. The van der Waals surface area contributed by atoms with Gasteiger partial charge in [-0.3, -0.25) is 9.59 Å². The van der Waals surface area contributed by atoms with Gasteiger partial charge >= 0.3 is 0 Å². The Hall–Kier alpha value is -2.86. The van der Waals surface area contributed by atoms with Crippen molar-refractivity contribution in [2.24, 2.45) is 11.8 Å². The van der Waals surface area contributed by atoms with Gasteiger partial charge in [0.15, 0.2) is 0 Å². The standard InChI is InChI=1S/C24H31N3O3/c1-17-14-18(2)16-27(15-17)13-12-23(28)25-20-10-8-19(9-11-20)24(29)26-21-6-4-5-7-22(21)30-3/h4-11,17-18H,12-16H2,1-3H3,(H,25,28)(H,26,29)/t17-,18+. The van der Waals surface area contributed by atoms with Crippen molar-refractivity contribution >= 4 is 23.2 Å². The van der Waals surface area contributed by atoms with Crippen LogP contribution in [0.5, 0.6) is 5.75 Å². The smallest absolute Gasteiger partial charge is 0.255 e. The fraction of sp³-hybridized carbons (Fsp3) is 0.417. The van der Waals surface area contributed by atoms with E-state index in [1.54, 1.807) is 43.5 Å². The highest BCUT2D eigenvalue weighted by molar-refractivity contribution is 6.05. The Morgan fingerprint density at radius 2 is 1.67 bits per heavy atom. The molecule has 0 aromatic heterocycles. The monoisotopic (exact) mass is 409 g/mol. The van der Waals surface area contributed by atoms with Crippen LogP contribution in [0.15, 0.2) is 48.5 Å². The van der Waals surface area contributed by atoms with Gasteiger partial charge < -0.3 is 20.3 Å². The van der Waals surface area contributed by atoms with Gasteiger partial charge in [-0.25, -0.2) is 0 Å². The molecular weight excluding hydrogens is 378 g/mol. The number of nitrogens with zero attached hydrogens (tertiary/aromatic N) is 1. The second-order valence-corrected chi connectivity index (χ2v) is 8.24. The summed E-state index contributed by atoms with van der Waals surface area (Å²) in [5.74, 6) is 1.74. The van der Waals surface area contributed by atoms with Crippen molar-refractivity contribution in [2.75, 3.05) is 37.4 Å². The first-order valence-electron chi connectivity index (χ1n) is 10.5. The van der Waals surface area contributed by atoms with Crippen LogP contribution >= 0.6 is 0 Å². The molecule has 0 saturated carbocycles. The molecule has 1 aliphatic heterocycles. The molecule has 0 unspecified atom stereocenters. The maximum Gasteiger partial charge on any atom is 0.255 e. The summed E-state index contributed by atoms with van der Waals surface area (Å²) in [6.07, 6.45) is 1.73. The van der Waals surface area contributed by atoms with Crippen LogP contribution in [0.4, 0.5) is 11.4 Å². The number of benzene rings is 2. The van der Waals surface area contributed by atoms with Gasteiger partial charge in [-0.15, -0.1) is 0 Å². The van der Waals surface area contributed by atoms with E-state index in [2.05, 4.69) is 29.4 Å². The van der Waals surface area contributed by atoms with Crippen LogP contribution in [-0.4, -0.2) is 43.5 Å². The van der Waals surface area contributed by atoms with Crippen LogP contribution in [0.1, 0.15) is 37.0 Å². The summed E-state index contributed by atoms with van der Waals surface area (Å²) >= 11 is 0. The van der Waals surface area contributed by atoms with Crippen molar-refractivity contribution in [3.05, 3.63) is 54.1 Å². The molecule has 2 aromatic carbocycles. The molecule has 2 aromatic rings. The lowest BCUT2D eigenvalue weighted by atomic mass is 9.92. The second kappa shape index (κ2) is 10.3. The number of carbonyl (C=O) groups is 2. The summed E-state index contributed by atoms with van der Waals surface area (Å²) in [7, 11) is 1.56. The van der Waals surface area contributed by atoms with E-state index in [9.17, 15) is 9.59 Å². The summed E-state index contributed by atoms with van der Waals surface area (Å²) in [6.45, 7) is 7.45. The Kier molecular flexibility index (Phi) is 7.46. The average Bonchev–Trinajstić information content (AvgIpc) is 2.72. The van der Waals surface area contributed by atoms with E-state index in [1.807, 2.05) is 12.1 Å². The number of rotatable bonds is 7. The number of para-hydroxylation sites is 2. The third-order valence-electron chi connectivity index (χ3n) is 5.39. The highest BCUT2D eigenvalue weighted by Crippen LogP contribution is 2.24. The molecule has 1 aliphatic rings. The first-order chi connectivity index (χ1) is 14.4. The Labute approximate surface area is 178 Å². The van der Waals surface area contributed by atoms with Crippen molar-refractivity contribution < 1.29 is 14.3 Å². The van der Waals surface area contributed by atoms with E-state index in [1.165, 1.54) is 6.42 Å². The molecule has 1 saturated heterocycles. The van der Waals surface area contributed by atoms with Gasteiger partial charge in [0.1, 0.15) is 5.75 Å². The van der Waals surface area contributed by atoms with Gasteiger partial charge in [0.05, 0.1) is 12.8 Å². The van der Waals surface area contributed by atoms with Crippen LogP contribution < -0.4 is 15.4 Å². The second-order valence-electron chi connectivity index (χ2n) is 8.24. The lowest BCUT2D eigenvalue weighted by Crippen LogP contribution is -2.40. The molecule has 2 atom stereocenters. The highest BCUT2D eigenvalue weighted by atomic mass is 16.5. The van der Waals surface area contributed by atoms with E-state index in [4.69, 9.17) is 4.74 Å². The first-order valence-corrected chi connectivity index (χ1v) is 10.5. The summed E-state index contributed by atoms with van der Waals surface area (Å²) in [5, 5.41) is 5.77. The third-order valence-corrected chi connectivity index (χ3v) is 5.39. The van der Waals surface area contributed by atoms with Crippen LogP contribution in [0, 0.1) is 11.8 Å². The van der Waals surface area contributed by atoms with Crippen molar-refractivity contribution in [2.45, 2.75) is 26.7 Å². The topological polar surface area (TPSA) is 70.7 Å². The molecule has 6 nitrogen and oxygen atoms in total. The maximum absolute atomic E-state index is 12.5. The van der Waals surface area contributed by atoms with Gasteiger partial charge in [-0.05, 0) is 54.7 Å². The summed E-state index contributed by atoms with van der Waals surface area (Å²) in [6, 6.07) is 14.2. The zero-order valence-electron chi connectivity index (χ0n) is 18.0. The number of piperidine rings is 1. The normalized spacial score (nSPS) is 19.2. The molecule has 6 heteroatoms. The molecule has 2 N–H and O–H groups in total. The van der Waals surface area contributed by atoms with E-state index in [-0.39, 0.29) is 11.8 Å². The van der Waals surface area contributed by atoms with Crippen molar-refractivity contribution in [3.8, 4) is 5.75 Å². The lowest BCUT2D eigenvalue weighted by Gasteiger charge is -2.34. The average molecular weight is 410 g/mol. The first kappa shape index (κ1) is 21.8. The lowest BCUT2D eigenvalue weighted by molar-refractivity contribution is -0.116. The third kappa shape index (κ3) is 6.07. The van der Waals surface area contributed by atoms with Crippen LogP contribution in [0.25, 0.3) is 0 Å². The molecule has 1 heterocycles. The summed E-state index contributed by atoms with van der Waals surface area (Å²) < 4.78 is 5.26. The number of anilines is 2. The van der Waals surface area contributed by atoms with E-state index < -0.39 is 0 Å². The van der Waals surface area contributed by atoms with Crippen LogP contribution in [0.3, 0.4) is 0 Å². The molecule has 0 radical (unpaired) electrons. The number of nitrogens with one attached hydrogen (secondary N) is 2. The minimum absolute atomic E-state index is 0.00731. The van der Waals surface area contributed by atoms with Crippen LogP contribution in [-0.2, 0) is 4.79 Å². The molecule has 2 amide bonds. The van der Waals surface area contributed by atoms with E-state index in [0.29, 0.717) is 40.9 Å².